The van der Waals surface area contributed by atoms with E-state index in [0.29, 0.717) is 18.7 Å². The molecule has 1 N–H and O–H groups in total. The van der Waals surface area contributed by atoms with E-state index in [2.05, 4.69) is 10.3 Å². The third-order valence-corrected chi connectivity index (χ3v) is 6.28. The summed E-state index contributed by atoms with van der Waals surface area (Å²) >= 11 is 0. The summed E-state index contributed by atoms with van der Waals surface area (Å²) in [4.78, 5) is 4.26. The fourth-order valence-corrected chi connectivity index (χ4v) is 4.98. The van der Waals surface area contributed by atoms with Crippen LogP contribution in [0.15, 0.2) is 48.7 Å². The lowest BCUT2D eigenvalue weighted by molar-refractivity contribution is 0.554. The first-order valence-electron chi connectivity index (χ1n) is 7.82. The van der Waals surface area contributed by atoms with Crippen molar-refractivity contribution in [3.8, 4) is 0 Å². The van der Waals surface area contributed by atoms with Gasteiger partial charge in [0.05, 0.1) is 10.9 Å². The van der Waals surface area contributed by atoms with Crippen LogP contribution in [-0.2, 0) is 16.4 Å². The van der Waals surface area contributed by atoms with Gasteiger partial charge in [-0.2, -0.15) is 0 Å². The van der Waals surface area contributed by atoms with Crippen molar-refractivity contribution in [2.75, 3.05) is 17.9 Å². The molecule has 1 aromatic heterocycles. The van der Waals surface area contributed by atoms with Crippen molar-refractivity contribution in [3.05, 3.63) is 54.2 Å². The molecule has 1 atom stereocenters. The highest BCUT2D eigenvalue weighted by Crippen LogP contribution is 2.38. The van der Waals surface area contributed by atoms with Gasteiger partial charge in [0.2, 0.25) is 10.0 Å². The third-order valence-electron chi connectivity index (χ3n) is 4.14. The number of hydrogen-bond acceptors (Lipinski definition) is 4. The second-order valence-corrected chi connectivity index (χ2v) is 7.76. The van der Waals surface area contributed by atoms with Crippen LogP contribution in [0.1, 0.15) is 18.4 Å². The predicted molar refractivity (Wildman–Crippen MR) is 92.4 cm³/mol. The zero-order valence-electron chi connectivity index (χ0n) is 13.1. The molecule has 1 aliphatic heterocycles. The lowest BCUT2D eigenvalue weighted by Gasteiger charge is -2.34. The number of sulfonamides is 1. The van der Waals surface area contributed by atoms with Crippen LogP contribution >= 0.6 is 0 Å². The normalized spacial score (nSPS) is 19.3. The van der Waals surface area contributed by atoms with Crippen LogP contribution in [0.3, 0.4) is 0 Å². The number of pyridine rings is 1. The number of anilines is 2. The Hall–Kier alpha value is -1.92. The second kappa shape index (κ2) is 6.68. The van der Waals surface area contributed by atoms with Gasteiger partial charge in [-0.1, -0.05) is 24.3 Å². The van der Waals surface area contributed by atoms with Crippen LogP contribution < -0.4 is 9.62 Å². The molecule has 1 aliphatic rings. The zero-order valence-corrected chi connectivity index (χ0v) is 14.0. The van der Waals surface area contributed by atoms with Gasteiger partial charge >= 0.3 is 0 Å². The van der Waals surface area contributed by atoms with Crippen molar-refractivity contribution in [3.63, 3.8) is 0 Å². The Labute approximate surface area is 137 Å². The fraction of sp³-hybridized carbons (Fsp3) is 0.353. The van der Waals surface area contributed by atoms with Crippen molar-refractivity contribution in [2.45, 2.75) is 24.5 Å². The van der Waals surface area contributed by atoms with Crippen molar-refractivity contribution < 1.29 is 8.42 Å². The Morgan fingerprint density at radius 1 is 1.22 bits per heavy atom. The average Bonchev–Trinajstić information content (AvgIpc) is 2.56. The van der Waals surface area contributed by atoms with Crippen molar-refractivity contribution in [2.24, 2.45) is 0 Å². The summed E-state index contributed by atoms with van der Waals surface area (Å²) in [6, 6.07) is 13.0. The molecule has 0 fully saturated rings. The molecule has 0 bridgehead atoms. The van der Waals surface area contributed by atoms with Gasteiger partial charge in [-0.15, -0.1) is 0 Å². The highest BCUT2D eigenvalue weighted by molar-refractivity contribution is 7.93. The molecule has 122 valence electrons. The highest BCUT2D eigenvalue weighted by Gasteiger charge is 2.39. The Morgan fingerprint density at radius 2 is 2.00 bits per heavy atom. The first-order chi connectivity index (χ1) is 11.1. The molecule has 0 saturated heterocycles. The molecule has 6 heteroatoms. The molecule has 23 heavy (non-hydrogen) atoms. The predicted octanol–water partition coefficient (Wildman–Crippen LogP) is 2.47. The van der Waals surface area contributed by atoms with E-state index in [0.717, 1.165) is 24.2 Å². The summed E-state index contributed by atoms with van der Waals surface area (Å²) in [7, 11) is -1.59. The van der Waals surface area contributed by atoms with Crippen molar-refractivity contribution >= 4 is 21.5 Å². The van der Waals surface area contributed by atoms with Gasteiger partial charge in [0.1, 0.15) is 5.82 Å². The molecule has 0 aliphatic carbocycles. The Morgan fingerprint density at radius 3 is 2.74 bits per heavy atom. The van der Waals surface area contributed by atoms with Crippen LogP contribution in [0, 0.1) is 0 Å². The molecule has 0 spiro atoms. The Kier molecular flexibility index (Phi) is 4.63. The monoisotopic (exact) mass is 331 g/mol. The molecule has 0 radical (unpaired) electrons. The van der Waals surface area contributed by atoms with E-state index in [1.165, 1.54) is 4.31 Å². The molecule has 3 rings (SSSR count). The molecule has 0 amide bonds. The molecule has 0 saturated carbocycles. The van der Waals surface area contributed by atoms with E-state index in [1.807, 2.05) is 37.4 Å². The molecular formula is C17H21N3O2S. The van der Waals surface area contributed by atoms with Gasteiger partial charge in [0, 0.05) is 6.20 Å². The summed E-state index contributed by atoms with van der Waals surface area (Å²) in [5.74, 6) is 0.457. The Balaban J connectivity index is 2.04. The van der Waals surface area contributed by atoms with Gasteiger partial charge < -0.3 is 5.32 Å². The highest BCUT2D eigenvalue weighted by atomic mass is 32.2. The van der Waals surface area contributed by atoms with Crippen LogP contribution in [0.4, 0.5) is 11.5 Å². The standard InChI is InChI=1S/C17H21N3O2S/c1-18-11-6-8-15-13-14-7-2-3-9-16(14)20(23(15,21)22)17-10-4-5-12-19-17/h2-5,7,9-10,12,15,18H,6,8,11,13H2,1H3/t15-/m1/s1. The topological polar surface area (TPSA) is 62.3 Å². The summed E-state index contributed by atoms with van der Waals surface area (Å²) in [6.45, 7) is 0.817. The lowest BCUT2D eigenvalue weighted by atomic mass is 10.0. The maximum Gasteiger partial charge on any atom is 0.243 e. The summed E-state index contributed by atoms with van der Waals surface area (Å²) in [5.41, 5.74) is 1.78. The maximum absolute atomic E-state index is 13.1. The van der Waals surface area contributed by atoms with Crippen LogP contribution in [0.2, 0.25) is 0 Å². The minimum Gasteiger partial charge on any atom is -0.320 e. The Bertz CT molecular complexity index is 762. The summed E-state index contributed by atoms with van der Waals surface area (Å²) in [5, 5.41) is 2.67. The average molecular weight is 331 g/mol. The van der Waals surface area contributed by atoms with Crippen LogP contribution in [0.5, 0.6) is 0 Å². The number of aromatic nitrogens is 1. The van der Waals surface area contributed by atoms with E-state index in [4.69, 9.17) is 0 Å². The first kappa shape index (κ1) is 16.0. The fourth-order valence-electron chi connectivity index (χ4n) is 3.00. The number of nitrogens with zero attached hydrogens (tertiary/aromatic N) is 2. The number of nitrogens with one attached hydrogen (secondary N) is 1. The second-order valence-electron chi connectivity index (χ2n) is 5.70. The molecule has 5 nitrogen and oxygen atoms in total. The van der Waals surface area contributed by atoms with Gasteiger partial charge in [-0.05, 0) is 56.6 Å². The number of benzene rings is 1. The maximum atomic E-state index is 13.1. The molecule has 2 aromatic rings. The number of rotatable bonds is 5. The smallest absolute Gasteiger partial charge is 0.243 e. The summed E-state index contributed by atoms with van der Waals surface area (Å²) < 4.78 is 27.7. The van der Waals surface area contributed by atoms with E-state index in [-0.39, 0.29) is 0 Å². The van der Waals surface area contributed by atoms with Crippen molar-refractivity contribution in [1.82, 2.24) is 10.3 Å². The lowest BCUT2D eigenvalue weighted by Crippen LogP contribution is -2.42. The quantitative estimate of drug-likeness (QED) is 0.855. The molecular weight excluding hydrogens is 310 g/mol. The number of fused-ring (bicyclic) bond motifs is 1. The summed E-state index contributed by atoms with van der Waals surface area (Å²) in [6.07, 6.45) is 3.66. The van der Waals surface area contributed by atoms with E-state index < -0.39 is 15.3 Å². The molecule has 0 unspecified atom stereocenters. The van der Waals surface area contributed by atoms with E-state index in [1.54, 1.807) is 18.3 Å². The minimum absolute atomic E-state index is 0.409. The largest absolute Gasteiger partial charge is 0.320 e. The molecule has 1 aromatic carbocycles. The number of hydrogen-bond donors (Lipinski definition) is 1. The van der Waals surface area contributed by atoms with Crippen LogP contribution in [0.25, 0.3) is 0 Å². The van der Waals surface area contributed by atoms with Crippen LogP contribution in [-0.4, -0.2) is 32.2 Å². The van der Waals surface area contributed by atoms with Crippen molar-refractivity contribution in [1.29, 1.82) is 0 Å². The third kappa shape index (κ3) is 3.09. The SMILES string of the molecule is CNCCC[C@@H]1Cc2ccccc2N(c2ccccn2)S1(=O)=O. The van der Waals surface area contributed by atoms with Gasteiger partial charge in [0.25, 0.3) is 0 Å². The van der Waals surface area contributed by atoms with E-state index in [9.17, 15) is 8.42 Å². The van der Waals surface area contributed by atoms with Gasteiger partial charge in [0.15, 0.2) is 0 Å². The van der Waals surface area contributed by atoms with E-state index >= 15 is 0 Å². The number of para-hydroxylation sites is 1. The molecule has 2 heterocycles. The minimum atomic E-state index is -3.47. The van der Waals surface area contributed by atoms with Gasteiger partial charge in [-0.3, -0.25) is 0 Å². The van der Waals surface area contributed by atoms with Gasteiger partial charge in [-0.25, -0.2) is 17.7 Å². The first-order valence-corrected chi connectivity index (χ1v) is 9.32. The zero-order chi connectivity index (χ0) is 16.3.